The van der Waals surface area contributed by atoms with Crippen molar-refractivity contribution in [3.63, 3.8) is 0 Å². The molecule has 3 fully saturated rings. The lowest BCUT2D eigenvalue weighted by Gasteiger charge is -2.44. The highest BCUT2D eigenvalue weighted by molar-refractivity contribution is 6.01. The Hall–Kier alpha value is -5.37. The van der Waals surface area contributed by atoms with Crippen molar-refractivity contribution in [3.8, 4) is 0 Å². The van der Waals surface area contributed by atoms with Gasteiger partial charge < -0.3 is 35.3 Å². The van der Waals surface area contributed by atoms with Gasteiger partial charge in [-0.2, -0.15) is 0 Å². The number of rotatable bonds is 11. The summed E-state index contributed by atoms with van der Waals surface area (Å²) in [4.78, 5) is 65.9. The molecule has 3 aromatic carbocycles. The summed E-state index contributed by atoms with van der Waals surface area (Å²) in [6.07, 6.45) is 4.38. The smallest absolute Gasteiger partial charge is 0.261 e. The lowest BCUT2D eigenvalue weighted by molar-refractivity contribution is -0.141. The highest BCUT2D eigenvalue weighted by atomic mass is 16.3. The molecule has 3 aliphatic heterocycles. The number of nitrogens with one attached hydrogen (secondary N) is 2. The first-order valence-electron chi connectivity index (χ1n) is 19.6. The second-order valence-electron chi connectivity index (χ2n) is 15.5. The van der Waals surface area contributed by atoms with Crippen LogP contribution in [0.25, 0.3) is 10.9 Å². The zero-order valence-corrected chi connectivity index (χ0v) is 32.1. The lowest BCUT2D eigenvalue weighted by Crippen LogP contribution is -2.53. The van der Waals surface area contributed by atoms with Crippen molar-refractivity contribution in [2.75, 3.05) is 81.5 Å². The highest BCUT2D eigenvalue weighted by Gasteiger charge is 2.41. The van der Waals surface area contributed by atoms with Gasteiger partial charge >= 0.3 is 0 Å². The van der Waals surface area contributed by atoms with Crippen molar-refractivity contribution in [2.45, 2.75) is 43.7 Å². The Morgan fingerprint density at radius 3 is 2.41 bits per heavy atom. The molecule has 0 spiro atoms. The highest BCUT2D eigenvalue weighted by Crippen LogP contribution is 2.39. The maximum Gasteiger partial charge on any atom is 0.261 e. The molecule has 3 aliphatic rings. The van der Waals surface area contributed by atoms with Gasteiger partial charge in [-0.25, -0.2) is 4.98 Å². The van der Waals surface area contributed by atoms with Gasteiger partial charge in [0.15, 0.2) is 0 Å². The second-order valence-corrected chi connectivity index (χ2v) is 15.5. The molecule has 13 heteroatoms. The number of fused-ring (bicyclic) bond motifs is 1. The third-order valence-corrected chi connectivity index (χ3v) is 11.7. The van der Waals surface area contributed by atoms with E-state index in [4.69, 9.17) is 0 Å². The van der Waals surface area contributed by atoms with Crippen molar-refractivity contribution in [1.82, 2.24) is 24.3 Å². The van der Waals surface area contributed by atoms with E-state index in [0.717, 1.165) is 37.4 Å². The van der Waals surface area contributed by atoms with Crippen LogP contribution < -0.4 is 21.1 Å². The molecule has 1 aromatic heterocycles. The molecular weight excluding hydrogens is 709 g/mol. The Bertz CT molecular complexity index is 2110. The van der Waals surface area contributed by atoms with Crippen LogP contribution in [-0.2, 0) is 20.9 Å². The van der Waals surface area contributed by atoms with Crippen LogP contribution in [0.2, 0.25) is 0 Å². The number of aliphatic hydroxyl groups is 1. The summed E-state index contributed by atoms with van der Waals surface area (Å²) in [6.45, 7) is 10.2. The van der Waals surface area contributed by atoms with Gasteiger partial charge in [0, 0.05) is 82.8 Å². The average molecular weight is 761 g/mol. The average Bonchev–Trinajstić information content (AvgIpc) is 3.22. The van der Waals surface area contributed by atoms with Crippen molar-refractivity contribution < 1.29 is 19.5 Å². The zero-order chi connectivity index (χ0) is 39.2. The van der Waals surface area contributed by atoms with Crippen LogP contribution in [0.5, 0.6) is 0 Å². The lowest BCUT2D eigenvalue weighted by atomic mass is 9.79. The van der Waals surface area contributed by atoms with Crippen molar-refractivity contribution in [3.05, 3.63) is 108 Å². The summed E-state index contributed by atoms with van der Waals surface area (Å²) in [5, 5.41) is 18.0. The summed E-state index contributed by atoms with van der Waals surface area (Å²) in [5.41, 5.74) is 2.28. The van der Waals surface area contributed by atoms with Crippen LogP contribution in [0, 0.1) is 5.92 Å². The monoisotopic (exact) mass is 760 g/mol. The molecule has 0 bridgehead atoms. The quantitative estimate of drug-likeness (QED) is 0.195. The molecule has 3 saturated heterocycles. The number of nitrogens with zero attached hydrogens (tertiary/aromatic N) is 6. The van der Waals surface area contributed by atoms with E-state index in [2.05, 4.69) is 56.1 Å². The van der Waals surface area contributed by atoms with Gasteiger partial charge in [0.1, 0.15) is 0 Å². The zero-order valence-electron chi connectivity index (χ0n) is 32.1. The summed E-state index contributed by atoms with van der Waals surface area (Å²) >= 11 is 0. The number of aromatic nitrogens is 2. The van der Waals surface area contributed by atoms with Gasteiger partial charge in [0.2, 0.25) is 17.7 Å². The molecule has 0 aliphatic carbocycles. The molecule has 3 N–H and O–H groups in total. The van der Waals surface area contributed by atoms with Gasteiger partial charge in [0.25, 0.3) is 5.56 Å². The van der Waals surface area contributed by atoms with Crippen LogP contribution in [0.1, 0.15) is 37.2 Å². The first-order chi connectivity index (χ1) is 27.1. The molecule has 4 heterocycles. The third kappa shape index (κ3) is 9.01. The number of likely N-dealkylation sites (N-methyl/N-ethyl adjacent to an activating group) is 1. The fraction of sp³-hybridized carbons (Fsp3) is 0.419. The van der Waals surface area contributed by atoms with E-state index in [-0.39, 0.29) is 41.7 Å². The van der Waals surface area contributed by atoms with Crippen LogP contribution in [0.15, 0.2) is 96.6 Å². The van der Waals surface area contributed by atoms with Gasteiger partial charge in [-0.3, -0.25) is 23.7 Å². The fourth-order valence-electron chi connectivity index (χ4n) is 8.30. The van der Waals surface area contributed by atoms with E-state index in [1.54, 1.807) is 18.2 Å². The van der Waals surface area contributed by atoms with Crippen molar-refractivity contribution in [2.24, 2.45) is 5.92 Å². The summed E-state index contributed by atoms with van der Waals surface area (Å²) in [7, 11) is 2.10. The van der Waals surface area contributed by atoms with Gasteiger partial charge in [-0.1, -0.05) is 49.0 Å². The molecule has 7 rings (SSSR count). The Kier molecular flexibility index (Phi) is 11.9. The molecular formula is C43H52N8O5. The molecule has 2 atom stereocenters. The Morgan fingerprint density at radius 2 is 1.66 bits per heavy atom. The topological polar surface area (TPSA) is 143 Å². The van der Waals surface area contributed by atoms with Gasteiger partial charge in [0.05, 0.1) is 40.8 Å². The van der Waals surface area contributed by atoms with Gasteiger partial charge in [-0.15, -0.1) is 0 Å². The minimum atomic E-state index is -1.19. The minimum Gasteiger partial charge on any atom is -0.388 e. The standard InChI is InChI=1S/C43H52N8O5/c1-3-39(52)46-36-11-7-8-12-38(36)50-20-15-33(35(28-50)31-9-5-4-6-10-31)41(54)49-21-17-43(56,18-22-49)29-51-30-44-37-27-32(13-14-34(37)42(51)55)45-40(53)16-19-48-25-23-47(2)24-26-48/h3-14,27,30,33,35,56H,1,15-26,28-29H2,2H3,(H,45,53)(H,46,52). The molecule has 0 saturated carbocycles. The van der Waals surface area contributed by atoms with E-state index in [1.807, 2.05) is 47.4 Å². The summed E-state index contributed by atoms with van der Waals surface area (Å²) < 4.78 is 1.45. The number of anilines is 3. The number of piperazine rings is 1. The van der Waals surface area contributed by atoms with E-state index < -0.39 is 5.60 Å². The first-order valence-corrected chi connectivity index (χ1v) is 19.6. The number of hydrogen-bond acceptors (Lipinski definition) is 9. The molecule has 294 valence electrons. The number of para-hydroxylation sites is 2. The number of piperidine rings is 2. The predicted molar refractivity (Wildman–Crippen MR) is 219 cm³/mol. The Labute approximate surface area is 327 Å². The van der Waals surface area contributed by atoms with E-state index in [0.29, 0.717) is 80.7 Å². The van der Waals surface area contributed by atoms with E-state index in [9.17, 15) is 24.3 Å². The molecule has 0 radical (unpaired) electrons. The maximum absolute atomic E-state index is 14.3. The van der Waals surface area contributed by atoms with Gasteiger partial charge in [-0.05, 0) is 68.3 Å². The predicted octanol–water partition coefficient (Wildman–Crippen LogP) is 3.76. The van der Waals surface area contributed by atoms with Crippen LogP contribution >= 0.6 is 0 Å². The fourth-order valence-corrected chi connectivity index (χ4v) is 8.30. The maximum atomic E-state index is 14.3. The SMILES string of the molecule is C=CC(=O)Nc1ccccc1N1CCC(C(=O)N2CCC(O)(Cn3cnc4cc(NC(=O)CCN5CCN(C)CC5)ccc4c3=O)CC2)C(c2ccccc2)C1. The molecule has 56 heavy (non-hydrogen) atoms. The molecule has 3 amide bonds. The molecule has 2 unspecified atom stereocenters. The van der Waals surface area contributed by atoms with E-state index >= 15 is 0 Å². The Morgan fingerprint density at radius 1 is 0.929 bits per heavy atom. The molecule has 4 aromatic rings. The van der Waals surface area contributed by atoms with Crippen molar-refractivity contribution in [1.29, 1.82) is 0 Å². The number of carbonyl (C=O) groups is 3. The second kappa shape index (κ2) is 17.2. The summed E-state index contributed by atoms with van der Waals surface area (Å²) in [6, 6.07) is 22.9. The Balaban J connectivity index is 0.973. The normalized spacial score (nSPS) is 20.4. The van der Waals surface area contributed by atoms with Crippen LogP contribution in [0.3, 0.4) is 0 Å². The number of likely N-dealkylation sites (tertiary alicyclic amines) is 1. The van der Waals surface area contributed by atoms with E-state index in [1.165, 1.54) is 17.0 Å². The van der Waals surface area contributed by atoms with Crippen molar-refractivity contribution >= 4 is 45.7 Å². The number of amides is 3. The summed E-state index contributed by atoms with van der Waals surface area (Å²) in [5.74, 6) is -0.632. The van der Waals surface area contributed by atoms with Crippen LogP contribution in [0.4, 0.5) is 17.1 Å². The largest absolute Gasteiger partial charge is 0.388 e. The minimum absolute atomic E-state index is 0.0639. The number of benzene rings is 3. The van der Waals surface area contributed by atoms with Crippen LogP contribution in [-0.4, -0.2) is 119 Å². The third-order valence-electron chi connectivity index (χ3n) is 11.7. The number of hydrogen-bond donors (Lipinski definition) is 3. The molecule has 13 nitrogen and oxygen atoms in total. The first kappa shape index (κ1) is 38.9. The number of carbonyl (C=O) groups excluding carboxylic acids is 3.